The van der Waals surface area contributed by atoms with E-state index in [1.54, 1.807) is 6.07 Å². The lowest BCUT2D eigenvalue weighted by Gasteiger charge is -2.21. The predicted octanol–water partition coefficient (Wildman–Crippen LogP) is 3.42. The number of urea groups is 1. The van der Waals surface area contributed by atoms with E-state index in [2.05, 4.69) is 10.6 Å². The molecule has 20 heavy (non-hydrogen) atoms. The summed E-state index contributed by atoms with van der Waals surface area (Å²) in [4.78, 5) is 11.7. The van der Waals surface area contributed by atoms with Crippen molar-refractivity contribution in [1.29, 1.82) is 0 Å². The zero-order valence-corrected chi connectivity index (χ0v) is 11.9. The van der Waals surface area contributed by atoms with E-state index in [0.717, 1.165) is 32.5 Å². The highest BCUT2D eigenvalue weighted by Gasteiger charge is 2.14. The molecule has 0 saturated carbocycles. The number of nitrogens with one attached hydrogen (secondary N) is 2. The van der Waals surface area contributed by atoms with Crippen molar-refractivity contribution in [2.75, 3.05) is 25.1 Å². The van der Waals surface area contributed by atoms with Crippen LogP contribution in [0.3, 0.4) is 0 Å². The average molecular weight is 301 g/mol. The molecule has 1 atom stereocenters. The van der Waals surface area contributed by atoms with Crippen molar-refractivity contribution < 1.29 is 13.9 Å². The van der Waals surface area contributed by atoms with E-state index in [-0.39, 0.29) is 10.7 Å². The first-order valence-corrected chi connectivity index (χ1v) is 7.11. The second-order valence-corrected chi connectivity index (χ2v) is 5.26. The van der Waals surface area contributed by atoms with Crippen molar-refractivity contribution in [1.82, 2.24) is 5.32 Å². The number of rotatable bonds is 4. The molecule has 2 N–H and O–H groups in total. The fraction of sp³-hybridized carbons (Fsp3) is 0.500. The monoisotopic (exact) mass is 300 g/mol. The Labute approximate surface area is 122 Å². The van der Waals surface area contributed by atoms with Crippen molar-refractivity contribution in [2.45, 2.75) is 19.3 Å². The van der Waals surface area contributed by atoms with Crippen molar-refractivity contribution in [3.63, 3.8) is 0 Å². The lowest BCUT2D eigenvalue weighted by atomic mass is 9.99. The van der Waals surface area contributed by atoms with Gasteiger partial charge in [-0.05, 0) is 37.3 Å². The Balaban J connectivity index is 1.73. The molecule has 0 unspecified atom stereocenters. The summed E-state index contributed by atoms with van der Waals surface area (Å²) in [7, 11) is 0. The van der Waals surface area contributed by atoms with Crippen molar-refractivity contribution in [3.05, 3.63) is 29.0 Å². The summed E-state index contributed by atoms with van der Waals surface area (Å²) >= 11 is 5.64. The second kappa shape index (κ2) is 7.45. The van der Waals surface area contributed by atoms with E-state index in [1.807, 2.05) is 0 Å². The van der Waals surface area contributed by atoms with Crippen LogP contribution in [-0.2, 0) is 4.74 Å². The largest absolute Gasteiger partial charge is 0.381 e. The van der Waals surface area contributed by atoms with E-state index in [0.29, 0.717) is 12.5 Å². The fourth-order valence-electron chi connectivity index (χ4n) is 2.19. The third-order valence-electron chi connectivity index (χ3n) is 3.29. The van der Waals surface area contributed by atoms with Crippen LogP contribution in [0.1, 0.15) is 19.3 Å². The molecule has 6 heteroatoms. The number of ether oxygens (including phenoxy) is 1. The van der Waals surface area contributed by atoms with Crippen LogP contribution in [0.2, 0.25) is 5.02 Å². The number of benzene rings is 1. The minimum absolute atomic E-state index is 0.0119. The van der Waals surface area contributed by atoms with Gasteiger partial charge in [0.15, 0.2) is 5.82 Å². The van der Waals surface area contributed by atoms with Gasteiger partial charge in [0, 0.05) is 19.8 Å². The molecule has 2 rings (SSSR count). The molecule has 0 radical (unpaired) electrons. The number of hydrogen-bond donors (Lipinski definition) is 2. The molecule has 1 aromatic carbocycles. The van der Waals surface area contributed by atoms with Crippen LogP contribution in [0.15, 0.2) is 18.2 Å². The lowest BCUT2D eigenvalue weighted by Crippen LogP contribution is -2.32. The van der Waals surface area contributed by atoms with E-state index in [1.165, 1.54) is 12.1 Å². The number of amides is 2. The minimum Gasteiger partial charge on any atom is -0.381 e. The normalized spacial score (nSPS) is 18.6. The number of carbonyl (C=O) groups excluding carboxylic acids is 1. The molecule has 0 bridgehead atoms. The Hall–Kier alpha value is -1.33. The summed E-state index contributed by atoms with van der Waals surface area (Å²) in [5, 5.41) is 5.15. The Morgan fingerprint density at radius 3 is 3.10 bits per heavy atom. The summed E-state index contributed by atoms with van der Waals surface area (Å²) in [5.41, 5.74) is 0.0796. The predicted molar refractivity (Wildman–Crippen MR) is 76.6 cm³/mol. The van der Waals surface area contributed by atoms with Gasteiger partial charge in [0.2, 0.25) is 0 Å². The highest BCUT2D eigenvalue weighted by molar-refractivity contribution is 6.31. The van der Waals surface area contributed by atoms with Crippen LogP contribution in [-0.4, -0.2) is 25.8 Å². The van der Waals surface area contributed by atoms with Gasteiger partial charge in [-0.25, -0.2) is 9.18 Å². The molecule has 1 saturated heterocycles. The third kappa shape index (κ3) is 4.35. The molecule has 0 aromatic heterocycles. The van der Waals surface area contributed by atoms with Gasteiger partial charge in [0.1, 0.15) is 0 Å². The molecule has 1 aliphatic rings. The number of carbonyl (C=O) groups is 1. The van der Waals surface area contributed by atoms with Crippen molar-refractivity contribution >= 4 is 23.3 Å². The Bertz CT molecular complexity index is 464. The Morgan fingerprint density at radius 1 is 1.50 bits per heavy atom. The first-order valence-electron chi connectivity index (χ1n) is 6.73. The molecular formula is C14H18ClFN2O2. The zero-order valence-electron chi connectivity index (χ0n) is 11.1. The van der Waals surface area contributed by atoms with Crippen LogP contribution >= 0.6 is 11.6 Å². The SMILES string of the molecule is O=C(NCC[C@@H]1CCCOC1)Nc1cccc(Cl)c1F. The molecule has 0 aliphatic carbocycles. The third-order valence-corrected chi connectivity index (χ3v) is 3.58. The molecule has 110 valence electrons. The van der Waals surface area contributed by atoms with Crippen LogP contribution in [0.4, 0.5) is 14.9 Å². The molecular weight excluding hydrogens is 283 g/mol. The zero-order chi connectivity index (χ0) is 14.4. The van der Waals surface area contributed by atoms with Crippen LogP contribution in [0.25, 0.3) is 0 Å². The van der Waals surface area contributed by atoms with Crippen LogP contribution in [0, 0.1) is 11.7 Å². The van der Waals surface area contributed by atoms with E-state index in [4.69, 9.17) is 16.3 Å². The number of hydrogen-bond acceptors (Lipinski definition) is 2. The second-order valence-electron chi connectivity index (χ2n) is 4.85. The summed E-state index contributed by atoms with van der Waals surface area (Å²) in [6.45, 7) is 2.13. The van der Waals surface area contributed by atoms with Crippen molar-refractivity contribution in [3.8, 4) is 0 Å². The number of anilines is 1. The van der Waals surface area contributed by atoms with E-state index in [9.17, 15) is 9.18 Å². The highest BCUT2D eigenvalue weighted by atomic mass is 35.5. The molecule has 4 nitrogen and oxygen atoms in total. The molecule has 1 heterocycles. The summed E-state index contributed by atoms with van der Waals surface area (Å²) in [6, 6.07) is 4.06. The van der Waals surface area contributed by atoms with Crippen LogP contribution < -0.4 is 10.6 Å². The van der Waals surface area contributed by atoms with E-state index >= 15 is 0 Å². The number of halogens is 2. The Kier molecular flexibility index (Phi) is 5.61. The molecule has 1 fully saturated rings. The minimum atomic E-state index is -0.620. The van der Waals surface area contributed by atoms with E-state index < -0.39 is 11.8 Å². The first-order chi connectivity index (χ1) is 9.66. The maximum atomic E-state index is 13.6. The fourth-order valence-corrected chi connectivity index (χ4v) is 2.37. The quantitative estimate of drug-likeness (QED) is 0.895. The first kappa shape index (κ1) is 15.1. The van der Waals surface area contributed by atoms with Crippen LogP contribution in [0.5, 0.6) is 0 Å². The van der Waals surface area contributed by atoms with Gasteiger partial charge < -0.3 is 15.4 Å². The molecule has 0 spiro atoms. The maximum Gasteiger partial charge on any atom is 0.319 e. The van der Waals surface area contributed by atoms with Gasteiger partial charge in [0.05, 0.1) is 10.7 Å². The van der Waals surface area contributed by atoms with Gasteiger partial charge in [-0.3, -0.25) is 0 Å². The van der Waals surface area contributed by atoms with Crippen molar-refractivity contribution in [2.24, 2.45) is 5.92 Å². The van der Waals surface area contributed by atoms with Gasteiger partial charge in [-0.15, -0.1) is 0 Å². The van der Waals surface area contributed by atoms with Gasteiger partial charge in [0.25, 0.3) is 0 Å². The standard InChI is InChI=1S/C14H18ClFN2O2/c15-11-4-1-5-12(13(11)16)18-14(19)17-7-6-10-3-2-8-20-9-10/h1,4-5,10H,2-3,6-9H2,(H2,17,18,19)/t10-/m0/s1. The average Bonchev–Trinajstić information content (AvgIpc) is 2.45. The van der Waals surface area contributed by atoms with Gasteiger partial charge in [-0.2, -0.15) is 0 Å². The maximum absolute atomic E-state index is 13.6. The summed E-state index contributed by atoms with van der Waals surface area (Å²) < 4.78 is 19.0. The summed E-state index contributed by atoms with van der Waals surface area (Å²) in [6.07, 6.45) is 3.07. The van der Waals surface area contributed by atoms with Gasteiger partial charge in [-0.1, -0.05) is 17.7 Å². The molecule has 2 amide bonds. The summed E-state index contributed by atoms with van der Waals surface area (Å²) in [5.74, 6) is -0.128. The van der Waals surface area contributed by atoms with Gasteiger partial charge >= 0.3 is 6.03 Å². The highest BCUT2D eigenvalue weighted by Crippen LogP contribution is 2.21. The topological polar surface area (TPSA) is 50.4 Å². The molecule has 1 aromatic rings. The molecule has 1 aliphatic heterocycles. The Morgan fingerprint density at radius 2 is 2.35 bits per heavy atom. The lowest BCUT2D eigenvalue weighted by molar-refractivity contribution is 0.0520. The smallest absolute Gasteiger partial charge is 0.319 e.